The van der Waals surface area contributed by atoms with Crippen molar-refractivity contribution in [3.8, 4) is 11.5 Å². The molecule has 2 fully saturated rings. The lowest BCUT2D eigenvalue weighted by molar-refractivity contribution is -0.908. The maximum absolute atomic E-state index is 10.2. The molecule has 1 aromatic rings. The molecule has 4 N–H and O–H groups in total. The van der Waals surface area contributed by atoms with E-state index in [1.165, 1.54) is 48.3 Å². The fourth-order valence-electron chi connectivity index (χ4n) is 4.31. The third-order valence-corrected chi connectivity index (χ3v) is 5.88. The van der Waals surface area contributed by atoms with Crippen molar-refractivity contribution < 1.29 is 29.5 Å². The highest BCUT2D eigenvalue weighted by Gasteiger charge is 2.19. The average Bonchev–Trinajstić information content (AvgIpc) is 2.73. The Bertz CT molecular complexity index is 493. The minimum atomic E-state index is -0.434. The van der Waals surface area contributed by atoms with Crippen molar-refractivity contribution >= 4 is 0 Å². The lowest BCUT2D eigenvalue weighted by atomic mass is 10.1. The predicted octanol–water partition coefficient (Wildman–Crippen LogP) is -0.696. The normalized spacial score (nSPS) is 21.2. The summed E-state index contributed by atoms with van der Waals surface area (Å²) in [5, 5.41) is 20.4. The van der Waals surface area contributed by atoms with E-state index in [0.717, 1.165) is 50.8 Å². The van der Waals surface area contributed by atoms with Crippen LogP contribution in [0, 0.1) is 0 Å². The summed E-state index contributed by atoms with van der Waals surface area (Å²) in [6.07, 6.45) is 6.82. The van der Waals surface area contributed by atoms with Crippen LogP contribution >= 0.6 is 0 Å². The van der Waals surface area contributed by atoms with E-state index in [4.69, 9.17) is 9.47 Å². The van der Waals surface area contributed by atoms with E-state index in [2.05, 4.69) is 0 Å². The second-order valence-electron chi connectivity index (χ2n) is 8.43. The number of quaternary nitrogens is 2. The molecule has 0 unspecified atom stereocenters. The Kier molecular flexibility index (Phi) is 8.86. The van der Waals surface area contributed by atoms with Crippen LogP contribution in [-0.4, -0.2) is 74.9 Å². The largest absolute Gasteiger partial charge is 0.491 e. The van der Waals surface area contributed by atoms with Crippen LogP contribution in [0.1, 0.15) is 38.5 Å². The summed E-state index contributed by atoms with van der Waals surface area (Å²) >= 11 is 0. The molecule has 2 aliphatic heterocycles. The molecule has 0 saturated carbocycles. The first-order valence-corrected chi connectivity index (χ1v) is 11.1. The Hall–Kier alpha value is -1.34. The number of nitrogens with one attached hydrogen (secondary N) is 2. The molecule has 0 bridgehead atoms. The van der Waals surface area contributed by atoms with Crippen molar-refractivity contribution in [2.75, 3.05) is 52.5 Å². The Morgan fingerprint density at radius 3 is 1.36 bits per heavy atom. The SMILES string of the molecule is O[C@H](COc1ccc(OC[C@H](O)C[NH+]2CCCCC2)cc1)C[NH+]1CCCCC1. The Morgan fingerprint density at radius 1 is 0.643 bits per heavy atom. The maximum Gasteiger partial charge on any atom is 0.137 e. The van der Waals surface area contributed by atoms with Crippen LogP contribution in [0.25, 0.3) is 0 Å². The van der Waals surface area contributed by atoms with Crippen LogP contribution in [0.2, 0.25) is 0 Å². The fraction of sp³-hybridized carbons (Fsp3) is 0.727. The summed E-state index contributed by atoms with van der Waals surface area (Å²) in [6.45, 7) is 6.81. The summed E-state index contributed by atoms with van der Waals surface area (Å²) in [4.78, 5) is 2.96. The van der Waals surface area contributed by atoms with Crippen molar-refractivity contribution in [2.45, 2.75) is 50.7 Å². The Labute approximate surface area is 169 Å². The van der Waals surface area contributed by atoms with Gasteiger partial charge < -0.3 is 29.5 Å². The standard InChI is InChI=1S/C22H36N2O4/c25-19(15-23-11-3-1-4-12-23)17-27-21-7-9-22(10-8-21)28-18-20(26)16-24-13-5-2-6-14-24/h7-10,19-20,25-26H,1-6,11-18H2/p+2/t19-,20+. The fourth-order valence-corrected chi connectivity index (χ4v) is 4.31. The van der Waals surface area contributed by atoms with Gasteiger partial charge in [0.1, 0.15) is 50.0 Å². The first-order valence-electron chi connectivity index (χ1n) is 11.1. The van der Waals surface area contributed by atoms with Crippen molar-refractivity contribution in [3.05, 3.63) is 24.3 Å². The minimum absolute atomic E-state index is 0.320. The molecule has 28 heavy (non-hydrogen) atoms. The van der Waals surface area contributed by atoms with Gasteiger partial charge in [0, 0.05) is 0 Å². The molecule has 1 aromatic carbocycles. The lowest BCUT2D eigenvalue weighted by Gasteiger charge is -2.25. The van der Waals surface area contributed by atoms with Gasteiger partial charge in [-0.05, 0) is 62.8 Å². The van der Waals surface area contributed by atoms with Crippen LogP contribution < -0.4 is 19.3 Å². The zero-order chi connectivity index (χ0) is 19.6. The van der Waals surface area contributed by atoms with Gasteiger partial charge in [0.2, 0.25) is 0 Å². The quantitative estimate of drug-likeness (QED) is 0.424. The van der Waals surface area contributed by atoms with Crippen molar-refractivity contribution in [1.29, 1.82) is 0 Å². The van der Waals surface area contributed by atoms with E-state index in [9.17, 15) is 10.2 Å². The summed E-state index contributed by atoms with van der Waals surface area (Å²) in [5.41, 5.74) is 0. The molecule has 2 aliphatic rings. The number of ether oxygens (including phenoxy) is 2. The van der Waals surface area contributed by atoms with Gasteiger partial charge in [-0.2, -0.15) is 0 Å². The highest BCUT2D eigenvalue weighted by Crippen LogP contribution is 2.17. The summed E-state index contributed by atoms with van der Waals surface area (Å²) in [5.74, 6) is 1.47. The topological polar surface area (TPSA) is 67.8 Å². The van der Waals surface area contributed by atoms with Crippen LogP contribution in [0.4, 0.5) is 0 Å². The molecule has 0 spiro atoms. The van der Waals surface area contributed by atoms with Gasteiger partial charge in [-0.3, -0.25) is 0 Å². The van der Waals surface area contributed by atoms with Crippen LogP contribution in [0.3, 0.4) is 0 Å². The Morgan fingerprint density at radius 2 is 1.00 bits per heavy atom. The molecule has 6 heteroatoms. The number of piperidine rings is 2. The first-order chi connectivity index (χ1) is 13.7. The van der Waals surface area contributed by atoms with E-state index >= 15 is 0 Å². The van der Waals surface area contributed by atoms with E-state index in [1.807, 2.05) is 24.3 Å². The molecular formula is C22H38N2O4+2. The highest BCUT2D eigenvalue weighted by atomic mass is 16.5. The van der Waals surface area contributed by atoms with Gasteiger partial charge in [0.05, 0.1) is 26.2 Å². The molecule has 6 nitrogen and oxygen atoms in total. The second-order valence-corrected chi connectivity index (χ2v) is 8.43. The van der Waals surface area contributed by atoms with Crippen molar-refractivity contribution in [2.24, 2.45) is 0 Å². The third-order valence-electron chi connectivity index (χ3n) is 5.88. The lowest BCUT2D eigenvalue weighted by Crippen LogP contribution is -3.14. The molecule has 2 saturated heterocycles. The molecule has 0 radical (unpaired) electrons. The number of aliphatic hydroxyl groups is 2. The average molecular weight is 395 g/mol. The molecule has 0 amide bonds. The molecule has 0 aromatic heterocycles. The first kappa shape index (κ1) is 21.4. The smallest absolute Gasteiger partial charge is 0.137 e. The van der Waals surface area contributed by atoms with E-state index in [0.29, 0.717) is 13.2 Å². The number of hydrogen-bond donors (Lipinski definition) is 4. The number of likely N-dealkylation sites (tertiary alicyclic amines) is 2. The zero-order valence-corrected chi connectivity index (χ0v) is 17.1. The van der Waals surface area contributed by atoms with Gasteiger partial charge in [0.15, 0.2) is 0 Å². The second kappa shape index (κ2) is 11.6. The predicted molar refractivity (Wildman–Crippen MR) is 108 cm³/mol. The molecule has 158 valence electrons. The molecule has 2 atom stereocenters. The van der Waals surface area contributed by atoms with Crippen molar-refractivity contribution in [3.63, 3.8) is 0 Å². The Balaban J connectivity index is 1.32. The third kappa shape index (κ3) is 7.59. The van der Waals surface area contributed by atoms with Gasteiger partial charge in [-0.15, -0.1) is 0 Å². The van der Waals surface area contributed by atoms with E-state index < -0.39 is 12.2 Å². The van der Waals surface area contributed by atoms with Gasteiger partial charge in [0.25, 0.3) is 0 Å². The molecule has 3 rings (SSSR count). The number of aliphatic hydroxyl groups excluding tert-OH is 2. The zero-order valence-electron chi connectivity index (χ0n) is 17.1. The van der Waals surface area contributed by atoms with Gasteiger partial charge in [-0.1, -0.05) is 0 Å². The van der Waals surface area contributed by atoms with Gasteiger partial charge >= 0.3 is 0 Å². The van der Waals surface area contributed by atoms with Crippen LogP contribution in [0.15, 0.2) is 24.3 Å². The summed E-state index contributed by atoms with van der Waals surface area (Å²) < 4.78 is 11.4. The van der Waals surface area contributed by atoms with Gasteiger partial charge in [-0.25, -0.2) is 0 Å². The summed E-state index contributed by atoms with van der Waals surface area (Å²) in [6, 6.07) is 7.44. The van der Waals surface area contributed by atoms with Crippen LogP contribution in [0.5, 0.6) is 11.5 Å². The molecule has 2 heterocycles. The molecule has 0 aliphatic carbocycles. The number of hydrogen-bond acceptors (Lipinski definition) is 4. The van der Waals surface area contributed by atoms with E-state index in [1.54, 1.807) is 0 Å². The molecular weight excluding hydrogens is 356 g/mol. The minimum Gasteiger partial charge on any atom is -0.491 e. The maximum atomic E-state index is 10.2. The van der Waals surface area contributed by atoms with Crippen LogP contribution in [-0.2, 0) is 0 Å². The number of rotatable bonds is 10. The van der Waals surface area contributed by atoms with E-state index in [-0.39, 0.29) is 0 Å². The van der Waals surface area contributed by atoms with Crippen molar-refractivity contribution in [1.82, 2.24) is 0 Å². The highest BCUT2D eigenvalue weighted by molar-refractivity contribution is 5.31. The number of benzene rings is 1. The monoisotopic (exact) mass is 394 g/mol. The summed E-state index contributed by atoms with van der Waals surface area (Å²) in [7, 11) is 0.